The first-order valence-electron chi connectivity index (χ1n) is 9.31. The lowest BCUT2D eigenvalue weighted by molar-refractivity contribution is 0.305. The minimum Gasteiger partial charge on any atom is -0.489 e. The molecule has 0 radical (unpaired) electrons. The van der Waals surface area contributed by atoms with Crippen LogP contribution in [0.15, 0.2) is 66.7 Å². The summed E-state index contributed by atoms with van der Waals surface area (Å²) >= 11 is 0. The second kappa shape index (κ2) is 7.35. The Labute approximate surface area is 155 Å². The zero-order valence-electron chi connectivity index (χ0n) is 15.5. The van der Waals surface area contributed by atoms with E-state index in [1.807, 2.05) is 18.2 Å². The third kappa shape index (κ3) is 3.38. The van der Waals surface area contributed by atoms with Crippen molar-refractivity contribution in [3.8, 4) is 5.75 Å². The molecule has 1 unspecified atom stereocenters. The van der Waals surface area contributed by atoms with Crippen LogP contribution in [-0.2, 0) is 13.0 Å². The van der Waals surface area contributed by atoms with E-state index in [2.05, 4.69) is 67.7 Å². The van der Waals surface area contributed by atoms with Crippen molar-refractivity contribution in [3.05, 3.63) is 100 Å². The molecular weight excluding hydrogens is 318 g/mol. The van der Waals surface area contributed by atoms with E-state index >= 15 is 0 Å². The van der Waals surface area contributed by atoms with Crippen molar-refractivity contribution in [2.75, 3.05) is 6.54 Å². The number of aryl methyl sites for hydroxylation is 2. The second-order valence-corrected chi connectivity index (χ2v) is 7.08. The maximum absolute atomic E-state index is 6.03. The third-order valence-electron chi connectivity index (χ3n) is 5.25. The van der Waals surface area contributed by atoms with Crippen molar-refractivity contribution in [1.29, 1.82) is 0 Å². The predicted molar refractivity (Wildman–Crippen MR) is 107 cm³/mol. The Balaban J connectivity index is 1.60. The standard InChI is InChI=1S/C24H25NO/c1-17-7-6-8-18(2)23(17)24-22-12-11-21(15-20(22)13-14-25-24)26-16-19-9-4-3-5-10-19/h3-12,15,24-25H,13-14,16H2,1-2H3. The molecule has 26 heavy (non-hydrogen) atoms. The fourth-order valence-electron chi connectivity index (χ4n) is 3.91. The van der Waals surface area contributed by atoms with E-state index in [0.29, 0.717) is 6.61 Å². The summed E-state index contributed by atoms with van der Waals surface area (Å²) in [6.45, 7) is 6.01. The van der Waals surface area contributed by atoms with E-state index in [-0.39, 0.29) is 6.04 Å². The van der Waals surface area contributed by atoms with Crippen molar-refractivity contribution < 1.29 is 4.74 Å². The molecule has 4 rings (SSSR count). The fourth-order valence-corrected chi connectivity index (χ4v) is 3.91. The smallest absolute Gasteiger partial charge is 0.120 e. The first-order chi connectivity index (χ1) is 12.7. The number of hydrogen-bond donors (Lipinski definition) is 1. The molecule has 0 bridgehead atoms. The first kappa shape index (κ1) is 16.9. The zero-order chi connectivity index (χ0) is 17.9. The highest BCUT2D eigenvalue weighted by atomic mass is 16.5. The van der Waals surface area contributed by atoms with E-state index in [1.165, 1.54) is 33.4 Å². The van der Waals surface area contributed by atoms with Gasteiger partial charge in [-0.3, -0.25) is 0 Å². The summed E-state index contributed by atoms with van der Waals surface area (Å²) in [4.78, 5) is 0. The molecule has 0 fully saturated rings. The van der Waals surface area contributed by atoms with Gasteiger partial charge in [0.15, 0.2) is 0 Å². The Kier molecular flexibility index (Phi) is 4.77. The van der Waals surface area contributed by atoms with Crippen LogP contribution in [0, 0.1) is 13.8 Å². The number of fused-ring (bicyclic) bond motifs is 1. The Morgan fingerprint density at radius 1 is 0.923 bits per heavy atom. The van der Waals surface area contributed by atoms with Gasteiger partial charge in [-0.15, -0.1) is 0 Å². The predicted octanol–water partition coefficient (Wildman–Crippen LogP) is 5.12. The van der Waals surface area contributed by atoms with Crippen LogP contribution in [0.1, 0.15) is 39.4 Å². The van der Waals surface area contributed by atoms with E-state index in [4.69, 9.17) is 4.74 Å². The lowest BCUT2D eigenvalue weighted by atomic mass is 9.86. The van der Waals surface area contributed by atoms with Gasteiger partial charge in [-0.05, 0) is 65.8 Å². The molecule has 0 aromatic heterocycles. The largest absolute Gasteiger partial charge is 0.489 e. The van der Waals surface area contributed by atoms with Gasteiger partial charge >= 0.3 is 0 Å². The molecule has 0 saturated carbocycles. The summed E-state index contributed by atoms with van der Waals surface area (Å²) < 4.78 is 6.03. The van der Waals surface area contributed by atoms with Crippen LogP contribution in [0.25, 0.3) is 0 Å². The quantitative estimate of drug-likeness (QED) is 0.710. The van der Waals surface area contributed by atoms with Gasteiger partial charge in [0.25, 0.3) is 0 Å². The number of rotatable bonds is 4. The fraction of sp³-hybridized carbons (Fsp3) is 0.250. The monoisotopic (exact) mass is 343 g/mol. The summed E-state index contributed by atoms with van der Waals surface area (Å²) in [5, 5.41) is 3.71. The molecule has 1 aliphatic heterocycles. The van der Waals surface area contributed by atoms with Crippen LogP contribution < -0.4 is 10.1 Å². The molecule has 0 saturated heterocycles. The molecule has 0 amide bonds. The minimum absolute atomic E-state index is 0.267. The van der Waals surface area contributed by atoms with E-state index < -0.39 is 0 Å². The summed E-state index contributed by atoms with van der Waals surface area (Å²) in [5.41, 5.74) is 8.06. The molecule has 132 valence electrons. The summed E-state index contributed by atoms with van der Waals surface area (Å²) in [6.07, 6.45) is 1.04. The van der Waals surface area contributed by atoms with E-state index in [0.717, 1.165) is 18.7 Å². The Bertz CT molecular complexity index is 881. The summed E-state index contributed by atoms with van der Waals surface area (Å²) in [5.74, 6) is 0.953. The highest BCUT2D eigenvalue weighted by Gasteiger charge is 2.24. The van der Waals surface area contributed by atoms with Gasteiger partial charge in [-0.25, -0.2) is 0 Å². The van der Waals surface area contributed by atoms with Crippen molar-refractivity contribution in [2.24, 2.45) is 0 Å². The average Bonchev–Trinajstić information content (AvgIpc) is 2.67. The van der Waals surface area contributed by atoms with Crippen molar-refractivity contribution in [3.63, 3.8) is 0 Å². The van der Waals surface area contributed by atoms with Gasteiger partial charge in [0.05, 0.1) is 6.04 Å². The molecular formula is C24H25NO. The van der Waals surface area contributed by atoms with E-state index in [1.54, 1.807) is 0 Å². The Morgan fingerprint density at radius 3 is 2.46 bits per heavy atom. The Morgan fingerprint density at radius 2 is 1.69 bits per heavy atom. The van der Waals surface area contributed by atoms with Crippen molar-refractivity contribution >= 4 is 0 Å². The molecule has 1 aliphatic rings. The maximum atomic E-state index is 6.03. The van der Waals surface area contributed by atoms with Crippen LogP contribution in [0.2, 0.25) is 0 Å². The second-order valence-electron chi connectivity index (χ2n) is 7.08. The van der Waals surface area contributed by atoms with Crippen LogP contribution >= 0.6 is 0 Å². The van der Waals surface area contributed by atoms with Crippen LogP contribution in [0.3, 0.4) is 0 Å². The van der Waals surface area contributed by atoms with Gasteiger partial charge in [0.1, 0.15) is 12.4 Å². The molecule has 0 aliphatic carbocycles. The normalized spacial score (nSPS) is 16.2. The highest BCUT2D eigenvalue weighted by molar-refractivity contribution is 5.47. The molecule has 3 aromatic carbocycles. The lowest BCUT2D eigenvalue weighted by Crippen LogP contribution is -2.31. The summed E-state index contributed by atoms with van der Waals surface area (Å²) in [7, 11) is 0. The average molecular weight is 343 g/mol. The highest BCUT2D eigenvalue weighted by Crippen LogP contribution is 2.34. The van der Waals surface area contributed by atoms with Crippen LogP contribution in [0.5, 0.6) is 5.75 Å². The maximum Gasteiger partial charge on any atom is 0.120 e. The topological polar surface area (TPSA) is 21.3 Å². The molecule has 1 atom stereocenters. The number of nitrogens with one attached hydrogen (secondary N) is 1. The molecule has 2 heteroatoms. The van der Waals surface area contributed by atoms with Crippen molar-refractivity contribution in [1.82, 2.24) is 5.32 Å². The van der Waals surface area contributed by atoms with Crippen molar-refractivity contribution in [2.45, 2.75) is 32.9 Å². The van der Waals surface area contributed by atoms with E-state index in [9.17, 15) is 0 Å². The van der Waals surface area contributed by atoms with Gasteiger partial charge in [-0.2, -0.15) is 0 Å². The Hall–Kier alpha value is -2.58. The molecule has 0 spiro atoms. The van der Waals surface area contributed by atoms with Crippen LogP contribution in [0.4, 0.5) is 0 Å². The minimum atomic E-state index is 0.267. The molecule has 3 aromatic rings. The molecule has 1 heterocycles. The van der Waals surface area contributed by atoms with Gasteiger partial charge in [0, 0.05) is 6.54 Å². The van der Waals surface area contributed by atoms with Gasteiger partial charge in [-0.1, -0.05) is 54.6 Å². The number of benzene rings is 3. The number of hydrogen-bond acceptors (Lipinski definition) is 2. The lowest BCUT2D eigenvalue weighted by Gasteiger charge is -2.30. The first-order valence-corrected chi connectivity index (χ1v) is 9.31. The summed E-state index contributed by atoms with van der Waals surface area (Å²) in [6, 6.07) is 23.7. The van der Waals surface area contributed by atoms with Crippen LogP contribution in [-0.4, -0.2) is 6.54 Å². The zero-order valence-corrected chi connectivity index (χ0v) is 15.5. The number of ether oxygens (including phenoxy) is 1. The SMILES string of the molecule is Cc1cccc(C)c1C1NCCc2cc(OCc3ccccc3)ccc21. The molecule has 2 nitrogen and oxygen atoms in total. The third-order valence-corrected chi connectivity index (χ3v) is 5.25. The molecule has 1 N–H and O–H groups in total. The van der Waals surface area contributed by atoms with Gasteiger partial charge < -0.3 is 10.1 Å². The van der Waals surface area contributed by atoms with Gasteiger partial charge in [0.2, 0.25) is 0 Å².